The molecule has 2 N–H and O–H groups in total. The molecule has 0 radical (unpaired) electrons. The fourth-order valence-corrected chi connectivity index (χ4v) is 8.23. The van der Waals surface area contributed by atoms with E-state index in [9.17, 15) is 5.11 Å². The minimum atomic E-state index is -0.586. The second kappa shape index (κ2) is 13.4. The lowest BCUT2D eigenvalue weighted by molar-refractivity contribution is -0.182. The Kier molecular flexibility index (Phi) is 9.67. The van der Waals surface area contributed by atoms with Gasteiger partial charge in [-0.15, -0.1) is 0 Å². The number of benzene rings is 2. The van der Waals surface area contributed by atoms with E-state index >= 15 is 4.39 Å². The summed E-state index contributed by atoms with van der Waals surface area (Å²) < 4.78 is 29.3. The molecule has 2 bridgehead atoms. The number of piperazine rings is 1. The Morgan fingerprint density at radius 2 is 1.83 bits per heavy atom. The summed E-state index contributed by atoms with van der Waals surface area (Å²) in [5.41, 5.74) is 0.814. The van der Waals surface area contributed by atoms with Gasteiger partial charge in [-0.25, -0.2) is 9.38 Å². The quantitative estimate of drug-likeness (QED) is 0.231. The van der Waals surface area contributed by atoms with Gasteiger partial charge in [-0.1, -0.05) is 42.8 Å². The molecular formula is C37H47ClFN5O3. The van der Waals surface area contributed by atoms with Crippen LogP contribution in [0.5, 0.6) is 5.75 Å². The van der Waals surface area contributed by atoms with Gasteiger partial charge < -0.3 is 24.8 Å². The molecule has 3 fully saturated rings. The number of phenols is 1. The van der Waals surface area contributed by atoms with Crippen molar-refractivity contribution in [3.05, 3.63) is 70.3 Å². The van der Waals surface area contributed by atoms with Crippen molar-refractivity contribution in [2.24, 2.45) is 15.9 Å². The SMILES string of the molecule is C=N/C(=C1/C=C(Cl)C(c2cc(O)cc3ccccc23)=C(F)C1=NCOCC(C)CN1CC(C)(C)OC(C)(C)C1)N1CC2CCC(C1)N2. The summed E-state index contributed by atoms with van der Waals surface area (Å²) in [4.78, 5) is 13.7. The number of fused-ring (bicyclic) bond motifs is 3. The lowest BCUT2D eigenvalue weighted by Crippen LogP contribution is -2.57. The van der Waals surface area contributed by atoms with Crippen LogP contribution in [0.4, 0.5) is 4.39 Å². The number of aromatic hydroxyl groups is 1. The van der Waals surface area contributed by atoms with E-state index in [0.717, 1.165) is 56.3 Å². The molecule has 0 aromatic heterocycles. The number of halogens is 2. The second-order valence-corrected chi connectivity index (χ2v) is 15.1. The molecule has 3 saturated heterocycles. The molecule has 0 saturated carbocycles. The Labute approximate surface area is 282 Å². The summed E-state index contributed by atoms with van der Waals surface area (Å²) in [6, 6.07) is 11.4. The first kappa shape index (κ1) is 33.8. The molecular weight excluding hydrogens is 617 g/mol. The zero-order valence-electron chi connectivity index (χ0n) is 28.2. The molecule has 6 rings (SSSR count). The van der Waals surface area contributed by atoms with Crippen LogP contribution in [0.15, 0.2) is 74.7 Å². The molecule has 3 unspecified atom stereocenters. The number of aliphatic imine (C=N–C) groups is 2. The monoisotopic (exact) mass is 663 g/mol. The molecule has 0 amide bonds. The number of rotatable bonds is 9. The van der Waals surface area contributed by atoms with Crippen molar-refractivity contribution in [3.63, 3.8) is 0 Å². The maximum Gasteiger partial charge on any atom is 0.158 e. The summed E-state index contributed by atoms with van der Waals surface area (Å²) in [6.07, 6.45) is 3.91. The van der Waals surface area contributed by atoms with E-state index < -0.39 is 5.83 Å². The highest BCUT2D eigenvalue weighted by molar-refractivity contribution is 6.41. The Balaban J connectivity index is 1.30. The molecule has 3 atom stereocenters. The number of nitrogens with zero attached hydrogens (tertiary/aromatic N) is 4. The second-order valence-electron chi connectivity index (χ2n) is 14.7. The van der Waals surface area contributed by atoms with Gasteiger partial charge in [0, 0.05) is 56.0 Å². The molecule has 47 heavy (non-hydrogen) atoms. The highest BCUT2D eigenvalue weighted by Crippen LogP contribution is 2.42. The first-order valence-corrected chi connectivity index (χ1v) is 17.0. The van der Waals surface area contributed by atoms with Crippen molar-refractivity contribution in [2.75, 3.05) is 46.1 Å². The maximum atomic E-state index is 17.0. The first-order chi connectivity index (χ1) is 22.3. The van der Waals surface area contributed by atoms with Crippen LogP contribution in [0.1, 0.15) is 53.0 Å². The Hall–Kier alpha value is -3.08. The smallest absolute Gasteiger partial charge is 0.158 e. The van der Waals surface area contributed by atoms with Crippen LogP contribution in [-0.4, -0.2) is 96.7 Å². The van der Waals surface area contributed by atoms with Crippen molar-refractivity contribution in [1.29, 1.82) is 0 Å². The van der Waals surface area contributed by atoms with Gasteiger partial charge in [-0.05, 0) is 87.7 Å². The van der Waals surface area contributed by atoms with E-state index in [1.807, 2.05) is 24.3 Å². The normalized spacial score (nSPS) is 26.9. The molecule has 3 aliphatic heterocycles. The number of hydrogen-bond acceptors (Lipinski definition) is 8. The van der Waals surface area contributed by atoms with Crippen molar-refractivity contribution in [2.45, 2.75) is 70.7 Å². The van der Waals surface area contributed by atoms with E-state index in [1.165, 1.54) is 0 Å². The first-order valence-electron chi connectivity index (χ1n) is 16.6. The topological polar surface area (TPSA) is 81.9 Å². The van der Waals surface area contributed by atoms with Gasteiger partial charge in [-0.3, -0.25) is 9.89 Å². The molecule has 1 aliphatic carbocycles. The van der Waals surface area contributed by atoms with E-state index in [-0.39, 0.29) is 45.9 Å². The fourth-order valence-electron chi connectivity index (χ4n) is 7.94. The lowest BCUT2D eigenvalue weighted by atomic mass is 9.90. The number of ether oxygens (including phenoxy) is 2. The summed E-state index contributed by atoms with van der Waals surface area (Å²) in [5, 5.41) is 16.0. The summed E-state index contributed by atoms with van der Waals surface area (Å²) in [5.74, 6) is 0.225. The zero-order valence-corrected chi connectivity index (χ0v) is 28.9. The fraction of sp³-hybridized carbons (Fsp3) is 0.514. The van der Waals surface area contributed by atoms with Gasteiger partial charge in [-0.2, -0.15) is 0 Å². The summed E-state index contributed by atoms with van der Waals surface area (Å²) in [7, 11) is 0. The Morgan fingerprint density at radius 1 is 1.15 bits per heavy atom. The van der Waals surface area contributed by atoms with Crippen LogP contribution in [0.25, 0.3) is 16.3 Å². The third kappa shape index (κ3) is 7.50. The third-order valence-electron chi connectivity index (χ3n) is 9.26. The van der Waals surface area contributed by atoms with Crippen molar-refractivity contribution >= 4 is 40.4 Å². The van der Waals surface area contributed by atoms with Gasteiger partial charge in [0.1, 0.15) is 24.0 Å². The predicted octanol–water partition coefficient (Wildman–Crippen LogP) is 6.65. The van der Waals surface area contributed by atoms with Crippen LogP contribution in [0.3, 0.4) is 0 Å². The minimum Gasteiger partial charge on any atom is -0.508 e. The van der Waals surface area contributed by atoms with Gasteiger partial charge >= 0.3 is 0 Å². The van der Waals surface area contributed by atoms with Crippen LogP contribution < -0.4 is 5.32 Å². The number of phenolic OH excluding ortho intramolecular Hbond substituents is 1. The number of nitrogens with one attached hydrogen (secondary N) is 1. The summed E-state index contributed by atoms with van der Waals surface area (Å²) >= 11 is 6.92. The minimum absolute atomic E-state index is 0.0254. The van der Waals surface area contributed by atoms with Gasteiger partial charge in [0.15, 0.2) is 5.83 Å². The number of morpholine rings is 1. The summed E-state index contributed by atoms with van der Waals surface area (Å²) in [6.45, 7) is 19.0. The Morgan fingerprint density at radius 3 is 2.51 bits per heavy atom. The van der Waals surface area contributed by atoms with E-state index in [0.29, 0.717) is 35.6 Å². The number of allylic oxidation sites excluding steroid dienone is 5. The van der Waals surface area contributed by atoms with Gasteiger partial charge in [0.05, 0.1) is 22.8 Å². The average molecular weight is 664 g/mol. The predicted molar refractivity (Wildman–Crippen MR) is 189 cm³/mol. The van der Waals surface area contributed by atoms with Crippen molar-refractivity contribution in [1.82, 2.24) is 15.1 Å². The lowest BCUT2D eigenvalue weighted by Gasteiger charge is -2.47. The van der Waals surface area contributed by atoms with Gasteiger partial charge in [0.25, 0.3) is 0 Å². The number of hydrogen-bond donors (Lipinski definition) is 2. The molecule has 4 aliphatic rings. The molecule has 252 valence electrons. The molecule has 3 heterocycles. The molecule has 8 nitrogen and oxygen atoms in total. The highest BCUT2D eigenvalue weighted by atomic mass is 35.5. The molecule has 10 heteroatoms. The largest absolute Gasteiger partial charge is 0.508 e. The third-order valence-corrected chi connectivity index (χ3v) is 9.56. The standard InChI is InChI=1S/C37H47ClFN5O3/c1-23(16-43-20-36(2,3)47-37(4,5)21-43)19-46-22-41-34-30(35(40-6)44-17-25-11-12-26(18-44)42-25)15-31(38)32(33(34)39)29-14-27(45)13-24-9-7-8-10-28(24)29/h7-10,13-15,23,25-26,42,45H,6,11-12,16-22H2,1-5H3/b35-30+,41-34?. The molecule has 2 aromatic carbocycles. The van der Waals surface area contributed by atoms with E-state index in [2.05, 4.69) is 61.4 Å². The number of likely N-dealkylation sites (tertiary alicyclic amines) is 1. The maximum absolute atomic E-state index is 17.0. The van der Waals surface area contributed by atoms with Crippen LogP contribution in [0, 0.1) is 5.92 Å². The average Bonchev–Trinajstić information content (AvgIpc) is 3.32. The Bertz CT molecular complexity index is 1640. The van der Waals surface area contributed by atoms with E-state index in [4.69, 9.17) is 26.1 Å². The van der Waals surface area contributed by atoms with E-state index in [1.54, 1.807) is 18.2 Å². The van der Waals surface area contributed by atoms with Crippen LogP contribution >= 0.6 is 11.6 Å². The van der Waals surface area contributed by atoms with Gasteiger partial charge in [0.2, 0.25) is 0 Å². The highest BCUT2D eigenvalue weighted by Gasteiger charge is 2.39. The van der Waals surface area contributed by atoms with Crippen LogP contribution in [0.2, 0.25) is 0 Å². The van der Waals surface area contributed by atoms with Crippen molar-refractivity contribution in [3.8, 4) is 5.75 Å². The van der Waals surface area contributed by atoms with Crippen LogP contribution in [-0.2, 0) is 9.47 Å². The zero-order chi connectivity index (χ0) is 33.5. The molecule has 0 spiro atoms. The van der Waals surface area contributed by atoms with Crippen molar-refractivity contribution < 1.29 is 19.0 Å². The molecule has 2 aromatic rings.